The van der Waals surface area contributed by atoms with E-state index in [9.17, 15) is 8.42 Å². The van der Waals surface area contributed by atoms with Crippen LogP contribution in [0.5, 0.6) is 0 Å². The van der Waals surface area contributed by atoms with Crippen LogP contribution in [-0.2, 0) is 14.8 Å². The molecule has 3 N–H and O–H groups in total. The minimum absolute atomic E-state index is 0.142. The molecule has 1 aromatic rings. The first-order chi connectivity index (χ1) is 8.95. The third-order valence-electron chi connectivity index (χ3n) is 2.93. The van der Waals surface area contributed by atoms with E-state index in [0.717, 1.165) is 31.6 Å². The first-order valence-corrected chi connectivity index (χ1v) is 7.85. The molecule has 0 amide bonds. The van der Waals surface area contributed by atoms with Crippen molar-refractivity contribution in [3.63, 3.8) is 0 Å². The van der Waals surface area contributed by atoms with Gasteiger partial charge in [0.25, 0.3) is 0 Å². The SMILES string of the molecule is COCCCCNC(C)c1ccc(S(N)(=O)=O)cc1. The Hall–Kier alpha value is -0.950. The molecule has 0 spiro atoms. The van der Waals surface area contributed by atoms with Crippen molar-refractivity contribution < 1.29 is 13.2 Å². The maximum absolute atomic E-state index is 11.1. The van der Waals surface area contributed by atoms with E-state index in [-0.39, 0.29) is 10.9 Å². The van der Waals surface area contributed by atoms with Crippen LogP contribution in [-0.4, -0.2) is 28.7 Å². The van der Waals surface area contributed by atoms with Crippen LogP contribution >= 0.6 is 0 Å². The fraction of sp³-hybridized carbons (Fsp3) is 0.538. The monoisotopic (exact) mass is 286 g/mol. The van der Waals surface area contributed by atoms with E-state index < -0.39 is 10.0 Å². The number of hydrogen-bond acceptors (Lipinski definition) is 4. The maximum Gasteiger partial charge on any atom is 0.238 e. The number of primary sulfonamides is 1. The molecule has 1 atom stereocenters. The number of sulfonamides is 1. The third-order valence-corrected chi connectivity index (χ3v) is 3.86. The standard InChI is InChI=1S/C13H22N2O3S/c1-11(15-9-3-4-10-18-2)12-5-7-13(8-6-12)19(14,16)17/h5-8,11,15H,3-4,9-10H2,1-2H3,(H2,14,16,17). The molecule has 0 radical (unpaired) electrons. The van der Waals surface area contributed by atoms with Gasteiger partial charge in [-0.2, -0.15) is 0 Å². The van der Waals surface area contributed by atoms with E-state index in [2.05, 4.69) is 5.32 Å². The van der Waals surface area contributed by atoms with Gasteiger partial charge in [0, 0.05) is 19.8 Å². The van der Waals surface area contributed by atoms with Gasteiger partial charge in [-0.25, -0.2) is 13.6 Å². The number of unbranched alkanes of at least 4 members (excludes halogenated alkanes) is 1. The second kappa shape index (κ2) is 7.59. The molecule has 1 rings (SSSR count). The Bertz CT molecular complexity index is 471. The van der Waals surface area contributed by atoms with Gasteiger partial charge < -0.3 is 10.1 Å². The largest absolute Gasteiger partial charge is 0.385 e. The highest BCUT2D eigenvalue weighted by molar-refractivity contribution is 7.89. The van der Waals surface area contributed by atoms with Crippen molar-refractivity contribution in [2.24, 2.45) is 5.14 Å². The summed E-state index contributed by atoms with van der Waals surface area (Å²) >= 11 is 0. The van der Waals surface area contributed by atoms with Crippen molar-refractivity contribution in [1.82, 2.24) is 5.32 Å². The zero-order chi connectivity index (χ0) is 14.3. The molecule has 108 valence electrons. The molecule has 5 nitrogen and oxygen atoms in total. The first kappa shape index (κ1) is 16.1. The smallest absolute Gasteiger partial charge is 0.238 e. The molecular formula is C13H22N2O3S. The average Bonchev–Trinajstić information content (AvgIpc) is 2.37. The van der Waals surface area contributed by atoms with Crippen LogP contribution in [0.25, 0.3) is 0 Å². The van der Waals surface area contributed by atoms with Gasteiger partial charge in [0.15, 0.2) is 0 Å². The lowest BCUT2D eigenvalue weighted by Gasteiger charge is -2.14. The first-order valence-electron chi connectivity index (χ1n) is 6.30. The molecule has 19 heavy (non-hydrogen) atoms. The van der Waals surface area contributed by atoms with Gasteiger partial charge in [-0.1, -0.05) is 12.1 Å². The summed E-state index contributed by atoms with van der Waals surface area (Å²) in [5.41, 5.74) is 1.04. The summed E-state index contributed by atoms with van der Waals surface area (Å²) in [6, 6.07) is 6.82. The molecule has 0 aromatic heterocycles. The summed E-state index contributed by atoms with van der Waals surface area (Å²) in [5, 5.41) is 8.43. The summed E-state index contributed by atoms with van der Waals surface area (Å²) in [7, 11) is -1.91. The van der Waals surface area contributed by atoms with Crippen molar-refractivity contribution in [2.45, 2.75) is 30.7 Å². The molecule has 0 aliphatic carbocycles. The van der Waals surface area contributed by atoms with Crippen molar-refractivity contribution in [3.8, 4) is 0 Å². The molecular weight excluding hydrogens is 264 g/mol. The Kier molecular flexibility index (Phi) is 6.44. The van der Waals surface area contributed by atoms with E-state index in [1.807, 2.05) is 6.92 Å². The number of ether oxygens (including phenoxy) is 1. The van der Waals surface area contributed by atoms with Gasteiger partial charge in [0.1, 0.15) is 0 Å². The third kappa shape index (κ3) is 5.69. The predicted molar refractivity (Wildman–Crippen MR) is 75.3 cm³/mol. The summed E-state index contributed by atoms with van der Waals surface area (Å²) in [6.45, 7) is 3.73. The van der Waals surface area contributed by atoms with E-state index in [4.69, 9.17) is 9.88 Å². The van der Waals surface area contributed by atoms with Crippen molar-refractivity contribution >= 4 is 10.0 Å². The molecule has 0 saturated carbocycles. The molecule has 0 aliphatic heterocycles. The Labute approximate surface area is 115 Å². The van der Waals surface area contributed by atoms with Crippen LogP contribution in [0.4, 0.5) is 0 Å². The molecule has 0 aliphatic rings. The highest BCUT2D eigenvalue weighted by atomic mass is 32.2. The normalized spacial score (nSPS) is 13.4. The topological polar surface area (TPSA) is 81.4 Å². The molecule has 1 aromatic carbocycles. The van der Waals surface area contributed by atoms with Gasteiger partial charge in [0.05, 0.1) is 4.90 Å². The number of nitrogens with one attached hydrogen (secondary N) is 1. The van der Waals surface area contributed by atoms with Gasteiger partial charge >= 0.3 is 0 Å². The summed E-state index contributed by atoms with van der Waals surface area (Å²) < 4.78 is 27.3. The zero-order valence-corrected chi connectivity index (χ0v) is 12.2. The van der Waals surface area contributed by atoms with Crippen molar-refractivity contribution in [3.05, 3.63) is 29.8 Å². The molecule has 0 heterocycles. The molecule has 0 fully saturated rings. The van der Waals surface area contributed by atoms with Gasteiger partial charge in [-0.05, 0) is 44.0 Å². The van der Waals surface area contributed by atoms with E-state index >= 15 is 0 Å². The second-order valence-electron chi connectivity index (χ2n) is 4.49. The average molecular weight is 286 g/mol. The summed E-state index contributed by atoms with van der Waals surface area (Å²) in [6.07, 6.45) is 2.08. The Morgan fingerprint density at radius 2 is 1.89 bits per heavy atom. The highest BCUT2D eigenvalue weighted by Crippen LogP contribution is 2.15. The van der Waals surface area contributed by atoms with Crippen LogP contribution in [0.15, 0.2) is 29.2 Å². The minimum Gasteiger partial charge on any atom is -0.385 e. The molecule has 6 heteroatoms. The lowest BCUT2D eigenvalue weighted by molar-refractivity contribution is 0.192. The lowest BCUT2D eigenvalue weighted by atomic mass is 10.1. The summed E-state index contributed by atoms with van der Waals surface area (Å²) in [4.78, 5) is 0.142. The summed E-state index contributed by atoms with van der Waals surface area (Å²) in [5.74, 6) is 0. The Morgan fingerprint density at radius 3 is 2.42 bits per heavy atom. The van der Waals surface area contributed by atoms with Gasteiger partial charge in [0.2, 0.25) is 10.0 Å². The van der Waals surface area contributed by atoms with E-state index in [1.54, 1.807) is 19.2 Å². The fourth-order valence-corrected chi connectivity index (χ4v) is 2.27. The number of methoxy groups -OCH3 is 1. The van der Waals surface area contributed by atoms with Crippen molar-refractivity contribution in [2.75, 3.05) is 20.3 Å². The minimum atomic E-state index is -3.61. The number of rotatable bonds is 8. The van der Waals surface area contributed by atoms with Crippen LogP contribution in [0.1, 0.15) is 31.4 Å². The Balaban J connectivity index is 2.47. The van der Waals surface area contributed by atoms with Gasteiger partial charge in [-0.15, -0.1) is 0 Å². The molecule has 1 unspecified atom stereocenters. The predicted octanol–water partition coefficient (Wildman–Crippen LogP) is 1.41. The number of hydrogen-bond donors (Lipinski definition) is 2. The van der Waals surface area contributed by atoms with Crippen LogP contribution < -0.4 is 10.5 Å². The van der Waals surface area contributed by atoms with Crippen LogP contribution in [0.2, 0.25) is 0 Å². The van der Waals surface area contributed by atoms with Gasteiger partial charge in [-0.3, -0.25) is 0 Å². The quantitative estimate of drug-likeness (QED) is 0.708. The maximum atomic E-state index is 11.1. The second-order valence-corrected chi connectivity index (χ2v) is 6.05. The van der Waals surface area contributed by atoms with Crippen LogP contribution in [0.3, 0.4) is 0 Å². The van der Waals surface area contributed by atoms with E-state index in [0.29, 0.717) is 0 Å². The molecule has 0 saturated heterocycles. The lowest BCUT2D eigenvalue weighted by Crippen LogP contribution is -2.20. The van der Waals surface area contributed by atoms with Crippen molar-refractivity contribution in [1.29, 1.82) is 0 Å². The zero-order valence-electron chi connectivity index (χ0n) is 11.4. The number of nitrogens with two attached hydrogens (primary N) is 1. The number of benzene rings is 1. The fourth-order valence-electron chi connectivity index (χ4n) is 1.75. The van der Waals surface area contributed by atoms with Crippen LogP contribution in [0, 0.1) is 0 Å². The highest BCUT2D eigenvalue weighted by Gasteiger charge is 2.09. The molecule has 0 bridgehead atoms. The van der Waals surface area contributed by atoms with E-state index in [1.165, 1.54) is 12.1 Å². The Morgan fingerprint density at radius 1 is 1.26 bits per heavy atom.